The molecule has 0 bridgehead atoms. The molecule has 2 aromatic rings. The van der Waals surface area contributed by atoms with Crippen LogP contribution in [-0.2, 0) is 14.8 Å². The highest BCUT2D eigenvalue weighted by Gasteiger charge is 2.20. The van der Waals surface area contributed by atoms with Gasteiger partial charge in [-0.15, -0.1) is 0 Å². The number of amides is 1. The third-order valence-electron chi connectivity index (χ3n) is 4.22. The van der Waals surface area contributed by atoms with Crippen molar-refractivity contribution >= 4 is 27.5 Å². The number of nitrogens with one attached hydrogen (secondary N) is 2. The number of rotatable bonds is 9. The van der Waals surface area contributed by atoms with Crippen LogP contribution >= 0.6 is 11.6 Å². The zero-order valence-corrected chi connectivity index (χ0v) is 17.7. The summed E-state index contributed by atoms with van der Waals surface area (Å²) in [5.74, 6) is -0.0171. The largest absolute Gasteiger partial charge is 0.482 e. The van der Waals surface area contributed by atoms with Crippen LogP contribution in [0.3, 0.4) is 0 Å². The van der Waals surface area contributed by atoms with Gasteiger partial charge in [0.15, 0.2) is 6.61 Å². The molecule has 8 heteroatoms. The molecule has 0 unspecified atom stereocenters. The van der Waals surface area contributed by atoms with Crippen LogP contribution in [0.25, 0.3) is 0 Å². The molecule has 2 N–H and O–H groups in total. The number of benzene rings is 2. The molecule has 0 saturated heterocycles. The topological polar surface area (TPSA) is 84.5 Å². The van der Waals surface area contributed by atoms with Crippen LogP contribution in [0.5, 0.6) is 5.75 Å². The summed E-state index contributed by atoms with van der Waals surface area (Å²) < 4.78 is 33.3. The van der Waals surface area contributed by atoms with Crippen LogP contribution in [0, 0.1) is 0 Å². The van der Waals surface area contributed by atoms with Crippen molar-refractivity contribution in [2.45, 2.75) is 44.2 Å². The van der Waals surface area contributed by atoms with Crippen LogP contribution < -0.4 is 14.8 Å². The Hall–Kier alpha value is -2.09. The van der Waals surface area contributed by atoms with Gasteiger partial charge in [-0.05, 0) is 44.0 Å². The van der Waals surface area contributed by atoms with E-state index in [4.69, 9.17) is 16.3 Å². The average molecular weight is 425 g/mol. The van der Waals surface area contributed by atoms with Gasteiger partial charge in [-0.3, -0.25) is 4.79 Å². The summed E-state index contributed by atoms with van der Waals surface area (Å²) in [6.07, 6.45) is 0.813. The van der Waals surface area contributed by atoms with Gasteiger partial charge >= 0.3 is 0 Å². The standard InChI is InChI=1S/C20H25ClN2O4S/c1-4-14(2)22-20(24)13-27-19-11-10-17(12-18(19)21)28(25,26)23-15(3)16-8-6-5-7-9-16/h5-12,14-15,23H,4,13H2,1-3H3,(H,22,24)/t14-,15+/m1/s1. The van der Waals surface area contributed by atoms with Crippen molar-refractivity contribution in [2.24, 2.45) is 0 Å². The number of carbonyl (C=O) groups excluding carboxylic acids is 1. The van der Waals surface area contributed by atoms with Crippen molar-refractivity contribution in [3.8, 4) is 5.75 Å². The van der Waals surface area contributed by atoms with E-state index in [1.807, 2.05) is 44.2 Å². The molecule has 2 aromatic carbocycles. The van der Waals surface area contributed by atoms with Gasteiger partial charge in [-0.2, -0.15) is 0 Å². The van der Waals surface area contributed by atoms with E-state index in [2.05, 4.69) is 10.0 Å². The zero-order valence-electron chi connectivity index (χ0n) is 16.1. The van der Waals surface area contributed by atoms with Crippen molar-refractivity contribution in [2.75, 3.05) is 6.61 Å². The first-order chi connectivity index (χ1) is 13.2. The molecule has 0 spiro atoms. The van der Waals surface area contributed by atoms with E-state index in [1.165, 1.54) is 18.2 Å². The van der Waals surface area contributed by atoms with Gasteiger partial charge in [-0.1, -0.05) is 48.9 Å². The van der Waals surface area contributed by atoms with Gasteiger partial charge in [0.2, 0.25) is 10.0 Å². The Labute approximate surface area is 171 Å². The molecule has 0 aliphatic heterocycles. The van der Waals surface area contributed by atoms with E-state index in [0.29, 0.717) is 0 Å². The van der Waals surface area contributed by atoms with Gasteiger partial charge in [0.1, 0.15) is 5.75 Å². The maximum absolute atomic E-state index is 12.6. The first-order valence-corrected chi connectivity index (χ1v) is 10.9. The number of ether oxygens (including phenoxy) is 1. The van der Waals surface area contributed by atoms with Gasteiger partial charge in [-0.25, -0.2) is 13.1 Å². The van der Waals surface area contributed by atoms with Gasteiger partial charge < -0.3 is 10.1 Å². The van der Waals surface area contributed by atoms with Gasteiger partial charge in [0.05, 0.1) is 9.92 Å². The summed E-state index contributed by atoms with van der Waals surface area (Å²) in [6.45, 7) is 5.43. The molecular weight excluding hydrogens is 400 g/mol. The number of carbonyl (C=O) groups is 1. The zero-order chi connectivity index (χ0) is 20.7. The Morgan fingerprint density at radius 1 is 1.14 bits per heavy atom. The molecule has 0 fully saturated rings. The molecule has 2 atom stereocenters. The van der Waals surface area contributed by atoms with Crippen LogP contribution in [0.4, 0.5) is 0 Å². The molecule has 6 nitrogen and oxygen atoms in total. The first-order valence-electron chi connectivity index (χ1n) is 9.02. The highest BCUT2D eigenvalue weighted by Crippen LogP contribution is 2.28. The highest BCUT2D eigenvalue weighted by atomic mass is 35.5. The average Bonchev–Trinajstić information content (AvgIpc) is 2.67. The SMILES string of the molecule is CC[C@@H](C)NC(=O)COc1ccc(S(=O)(=O)N[C@@H](C)c2ccccc2)cc1Cl. The van der Waals surface area contributed by atoms with Crippen molar-refractivity contribution < 1.29 is 17.9 Å². The van der Waals surface area contributed by atoms with Crippen LogP contribution in [0.2, 0.25) is 5.02 Å². The first kappa shape index (κ1) is 22.2. The van der Waals surface area contributed by atoms with E-state index >= 15 is 0 Å². The number of sulfonamides is 1. The second-order valence-corrected chi connectivity index (χ2v) is 8.63. The molecular formula is C20H25ClN2O4S. The molecule has 1 amide bonds. The molecule has 0 aromatic heterocycles. The van der Waals surface area contributed by atoms with Crippen molar-refractivity contribution in [1.29, 1.82) is 0 Å². The summed E-state index contributed by atoms with van der Waals surface area (Å²) in [5, 5.41) is 2.90. The fourth-order valence-electron chi connectivity index (χ4n) is 2.44. The molecule has 0 aliphatic rings. The van der Waals surface area contributed by atoms with E-state index < -0.39 is 16.1 Å². The Kier molecular flexibility index (Phi) is 7.86. The lowest BCUT2D eigenvalue weighted by atomic mass is 10.1. The molecule has 0 radical (unpaired) electrons. The van der Waals surface area contributed by atoms with Gasteiger partial charge in [0, 0.05) is 12.1 Å². The van der Waals surface area contributed by atoms with Crippen LogP contribution in [0.15, 0.2) is 53.4 Å². The second kappa shape index (κ2) is 9.91. The minimum atomic E-state index is -3.77. The third-order valence-corrected chi connectivity index (χ3v) is 6.06. The van der Waals surface area contributed by atoms with Crippen molar-refractivity contribution in [3.63, 3.8) is 0 Å². The molecule has 2 rings (SSSR count). The third kappa shape index (κ3) is 6.22. The summed E-state index contributed by atoms with van der Waals surface area (Å²) in [4.78, 5) is 11.8. The molecule has 28 heavy (non-hydrogen) atoms. The lowest BCUT2D eigenvalue weighted by Crippen LogP contribution is -2.35. The summed E-state index contributed by atoms with van der Waals surface area (Å²) in [5.41, 5.74) is 0.851. The van der Waals surface area contributed by atoms with E-state index in [-0.39, 0.29) is 34.2 Å². The summed E-state index contributed by atoms with van der Waals surface area (Å²) in [6, 6.07) is 13.1. The summed E-state index contributed by atoms with van der Waals surface area (Å²) in [7, 11) is -3.77. The molecule has 0 aliphatic carbocycles. The number of halogens is 1. The fourth-order valence-corrected chi connectivity index (χ4v) is 4.00. The Bertz CT molecular complexity index is 904. The lowest BCUT2D eigenvalue weighted by molar-refractivity contribution is -0.123. The van der Waals surface area contributed by atoms with Crippen molar-refractivity contribution in [1.82, 2.24) is 10.0 Å². The Morgan fingerprint density at radius 3 is 2.43 bits per heavy atom. The normalized spacial score (nSPS) is 13.6. The van der Waals surface area contributed by atoms with Gasteiger partial charge in [0.25, 0.3) is 5.91 Å². The smallest absolute Gasteiger partial charge is 0.258 e. The maximum atomic E-state index is 12.6. The number of hydrogen-bond donors (Lipinski definition) is 2. The summed E-state index contributed by atoms with van der Waals surface area (Å²) >= 11 is 6.16. The van der Waals surface area contributed by atoms with E-state index in [1.54, 1.807) is 6.92 Å². The second-order valence-electron chi connectivity index (χ2n) is 6.51. The number of hydrogen-bond acceptors (Lipinski definition) is 4. The van der Waals surface area contributed by atoms with E-state index in [0.717, 1.165) is 12.0 Å². The van der Waals surface area contributed by atoms with Crippen LogP contribution in [-0.4, -0.2) is 27.0 Å². The molecule has 0 saturated carbocycles. The highest BCUT2D eigenvalue weighted by molar-refractivity contribution is 7.89. The monoisotopic (exact) mass is 424 g/mol. The predicted molar refractivity (Wildman–Crippen MR) is 110 cm³/mol. The quantitative estimate of drug-likeness (QED) is 0.643. The molecule has 0 heterocycles. The molecule has 152 valence electrons. The predicted octanol–water partition coefficient (Wildman–Crippen LogP) is 3.67. The minimum absolute atomic E-state index is 0.0247. The Balaban J connectivity index is 2.05. The van der Waals surface area contributed by atoms with Crippen LogP contribution in [0.1, 0.15) is 38.8 Å². The maximum Gasteiger partial charge on any atom is 0.258 e. The lowest BCUT2D eigenvalue weighted by Gasteiger charge is -2.16. The Morgan fingerprint density at radius 2 is 1.82 bits per heavy atom. The minimum Gasteiger partial charge on any atom is -0.482 e. The van der Waals surface area contributed by atoms with E-state index in [9.17, 15) is 13.2 Å². The van der Waals surface area contributed by atoms with Crippen molar-refractivity contribution in [3.05, 3.63) is 59.1 Å². The fraction of sp³-hybridized carbons (Fsp3) is 0.350.